The summed E-state index contributed by atoms with van der Waals surface area (Å²) in [5, 5.41) is 2.91. The van der Waals surface area contributed by atoms with E-state index in [0.717, 1.165) is 30.9 Å². The van der Waals surface area contributed by atoms with Gasteiger partial charge in [0.05, 0.1) is 29.6 Å². The van der Waals surface area contributed by atoms with Crippen molar-refractivity contribution in [3.63, 3.8) is 0 Å². The van der Waals surface area contributed by atoms with Gasteiger partial charge in [-0.15, -0.1) is 4.40 Å². The van der Waals surface area contributed by atoms with Gasteiger partial charge < -0.3 is 10.2 Å². The standard InChI is InChI=1S/C22H19ClF3N5O3S/c1-31(2)13-29-35(33,34)19-9-17(30-20(32)8-14-5-3-4-6-18(14)23)12-28-21(19)15-7-16(11-27-10-15)22(24,25)26/h3-7,9-13H,8H2,1-2H3,(H,30,32). The third-order valence-corrected chi connectivity index (χ3v) is 6.09. The minimum absolute atomic E-state index is 0.00404. The minimum atomic E-state index is -4.70. The van der Waals surface area contributed by atoms with Crippen LogP contribution in [0.5, 0.6) is 0 Å². The highest BCUT2D eigenvalue weighted by Gasteiger charge is 2.32. The van der Waals surface area contributed by atoms with Gasteiger partial charge in [0.1, 0.15) is 11.2 Å². The largest absolute Gasteiger partial charge is 0.417 e. The van der Waals surface area contributed by atoms with Crippen LogP contribution in [0.2, 0.25) is 5.02 Å². The first-order valence-electron chi connectivity index (χ1n) is 9.89. The first-order chi connectivity index (χ1) is 16.4. The van der Waals surface area contributed by atoms with Crippen molar-refractivity contribution in [1.29, 1.82) is 0 Å². The monoisotopic (exact) mass is 525 g/mol. The second-order valence-corrected chi connectivity index (χ2v) is 9.51. The summed E-state index contributed by atoms with van der Waals surface area (Å²) in [7, 11) is -1.34. The predicted octanol–water partition coefficient (Wildman–Crippen LogP) is 4.28. The van der Waals surface area contributed by atoms with Crippen molar-refractivity contribution in [3.8, 4) is 11.3 Å². The summed E-state index contributed by atoms with van der Waals surface area (Å²) in [5.74, 6) is -0.506. The van der Waals surface area contributed by atoms with E-state index in [0.29, 0.717) is 16.8 Å². The molecule has 0 aliphatic rings. The number of nitrogens with one attached hydrogen (secondary N) is 1. The van der Waals surface area contributed by atoms with Crippen molar-refractivity contribution in [3.05, 3.63) is 71.1 Å². The number of pyridine rings is 2. The molecule has 0 bridgehead atoms. The molecule has 13 heteroatoms. The molecule has 0 aliphatic heterocycles. The van der Waals surface area contributed by atoms with E-state index in [2.05, 4.69) is 19.7 Å². The number of carbonyl (C=O) groups excluding carboxylic acids is 1. The molecule has 2 aromatic heterocycles. The van der Waals surface area contributed by atoms with Gasteiger partial charge in [-0.05, 0) is 23.8 Å². The number of hydrogen-bond acceptors (Lipinski definition) is 5. The van der Waals surface area contributed by atoms with Crippen LogP contribution in [0.25, 0.3) is 11.3 Å². The van der Waals surface area contributed by atoms with Crippen LogP contribution in [0.15, 0.2) is 64.3 Å². The molecule has 0 saturated carbocycles. The maximum Gasteiger partial charge on any atom is 0.417 e. The van der Waals surface area contributed by atoms with E-state index in [1.165, 1.54) is 4.90 Å². The van der Waals surface area contributed by atoms with Crippen LogP contribution in [-0.2, 0) is 27.4 Å². The Morgan fingerprint density at radius 1 is 1.17 bits per heavy atom. The van der Waals surface area contributed by atoms with Gasteiger partial charge in [-0.2, -0.15) is 21.6 Å². The van der Waals surface area contributed by atoms with Crippen LogP contribution in [0.1, 0.15) is 11.1 Å². The number of nitrogens with zero attached hydrogens (tertiary/aromatic N) is 4. The maximum absolute atomic E-state index is 13.2. The number of aromatic nitrogens is 2. The molecular weight excluding hydrogens is 507 g/mol. The van der Waals surface area contributed by atoms with E-state index in [1.54, 1.807) is 38.4 Å². The zero-order valence-electron chi connectivity index (χ0n) is 18.4. The van der Waals surface area contributed by atoms with Crippen molar-refractivity contribution in [2.75, 3.05) is 19.4 Å². The van der Waals surface area contributed by atoms with Gasteiger partial charge >= 0.3 is 6.18 Å². The Labute approximate surface area is 204 Å². The molecule has 0 saturated heterocycles. The normalized spacial score (nSPS) is 12.1. The summed E-state index contributed by atoms with van der Waals surface area (Å²) in [4.78, 5) is 21.0. The lowest BCUT2D eigenvalue weighted by molar-refractivity contribution is -0.137. The first-order valence-corrected chi connectivity index (χ1v) is 11.7. The number of hydrogen-bond donors (Lipinski definition) is 1. The summed E-state index contributed by atoms with van der Waals surface area (Å²) in [6.45, 7) is 0. The lowest BCUT2D eigenvalue weighted by atomic mass is 10.1. The van der Waals surface area contributed by atoms with Crippen molar-refractivity contribution >= 4 is 39.6 Å². The average molecular weight is 526 g/mol. The summed E-state index contributed by atoms with van der Waals surface area (Å²) >= 11 is 6.07. The number of rotatable bonds is 7. The SMILES string of the molecule is CN(C)C=NS(=O)(=O)c1cc(NC(=O)Cc2ccccc2Cl)cnc1-c1cncc(C(F)(F)F)c1. The van der Waals surface area contributed by atoms with E-state index in [-0.39, 0.29) is 23.4 Å². The lowest BCUT2D eigenvalue weighted by Gasteiger charge is -2.13. The molecule has 0 radical (unpaired) electrons. The van der Waals surface area contributed by atoms with E-state index >= 15 is 0 Å². The fourth-order valence-corrected chi connectivity index (χ4v) is 4.20. The quantitative estimate of drug-likeness (QED) is 0.365. The maximum atomic E-state index is 13.2. The highest BCUT2D eigenvalue weighted by atomic mass is 35.5. The molecule has 1 N–H and O–H groups in total. The van der Waals surface area contributed by atoms with Gasteiger partial charge in [0.2, 0.25) is 5.91 Å². The Balaban J connectivity index is 2.04. The van der Waals surface area contributed by atoms with Gasteiger partial charge in [0.25, 0.3) is 10.0 Å². The molecule has 1 amide bonds. The summed E-state index contributed by atoms with van der Waals surface area (Å²) in [6, 6.07) is 8.52. The minimum Gasteiger partial charge on any atom is -0.368 e. The topological polar surface area (TPSA) is 105 Å². The number of alkyl halides is 3. The van der Waals surface area contributed by atoms with Crippen LogP contribution in [0, 0.1) is 0 Å². The van der Waals surface area contributed by atoms with Crippen molar-refractivity contribution in [2.24, 2.45) is 4.40 Å². The van der Waals surface area contributed by atoms with Gasteiger partial charge in [-0.1, -0.05) is 29.8 Å². The van der Waals surface area contributed by atoms with Crippen molar-refractivity contribution in [1.82, 2.24) is 14.9 Å². The number of amides is 1. The molecule has 35 heavy (non-hydrogen) atoms. The third kappa shape index (κ3) is 6.76. The first kappa shape index (κ1) is 26.1. The summed E-state index contributed by atoms with van der Waals surface area (Å²) in [5.41, 5.74) is -1.01. The second-order valence-electron chi connectivity index (χ2n) is 7.51. The smallest absolute Gasteiger partial charge is 0.368 e. The van der Waals surface area contributed by atoms with Crippen LogP contribution in [0.4, 0.5) is 18.9 Å². The Morgan fingerprint density at radius 2 is 1.89 bits per heavy atom. The van der Waals surface area contributed by atoms with E-state index in [4.69, 9.17) is 11.6 Å². The number of anilines is 1. The molecule has 0 fully saturated rings. The molecule has 3 rings (SSSR count). The molecule has 0 aliphatic carbocycles. The van der Waals surface area contributed by atoms with Gasteiger partial charge in [-0.3, -0.25) is 14.8 Å². The zero-order valence-corrected chi connectivity index (χ0v) is 20.0. The summed E-state index contributed by atoms with van der Waals surface area (Å²) < 4.78 is 69.0. The fraction of sp³-hybridized carbons (Fsp3) is 0.182. The number of carbonyl (C=O) groups is 1. The van der Waals surface area contributed by atoms with Gasteiger partial charge in [-0.25, -0.2) is 0 Å². The van der Waals surface area contributed by atoms with Crippen molar-refractivity contribution in [2.45, 2.75) is 17.5 Å². The summed E-state index contributed by atoms with van der Waals surface area (Å²) in [6.07, 6.45) is -0.967. The third-order valence-electron chi connectivity index (χ3n) is 4.48. The molecule has 2 heterocycles. The second kappa shape index (κ2) is 10.4. The lowest BCUT2D eigenvalue weighted by Crippen LogP contribution is -2.16. The molecule has 1 aromatic carbocycles. The number of sulfonamides is 1. The molecule has 184 valence electrons. The van der Waals surface area contributed by atoms with Crippen LogP contribution in [0.3, 0.4) is 0 Å². The van der Waals surface area contributed by atoms with E-state index < -0.39 is 32.6 Å². The molecule has 0 spiro atoms. The number of benzene rings is 1. The van der Waals surface area contributed by atoms with Crippen molar-refractivity contribution < 1.29 is 26.4 Å². The predicted molar refractivity (Wildman–Crippen MR) is 126 cm³/mol. The molecule has 8 nitrogen and oxygen atoms in total. The zero-order chi connectivity index (χ0) is 25.8. The molecular formula is C22H19ClF3N5O3S. The molecule has 0 atom stereocenters. The van der Waals surface area contributed by atoms with Crippen LogP contribution >= 0.6 is 11.6 Å². The fourth-order valence-electron chi connectivity index (χ4n) is 2.88. The van der Waals surface area contributed by atoms with Crippen LogP contribution < -0.4 is 5.32 Å². The molecule has 3 aromatic rings. The van der Waals surface area contributed by atoms with Crippen LogP contribution in [-0.4, -0.2) is 49.6 Å². The highest BCUT2D eigenvalue weighted by molar-refractivity contribution is 7.90. The Bertz CT molecular complexity index is 1380. The molecule has 0 unspecified atom stereocenters. The Kier molecular flexibility index (Phi) is 7.76. The Hall–Kier alpha value is -3.51. The van der Waals surface area contributed by atoms with E-state index in [9.17, 15) is 26.4 Å². The highest BCUT2D eigenvalue weighted by Crippen LogP contribution is 2.34. The van der Waals surface area contributed by atoms with Gasteiger partial charge in [0.15, 0.2) is 0 Å². The number of halogens is 4. The van der Waals surface area contributed by atoms with Gasteiger partial charge in [0, 0.05) is 37.1 Å². The van der Waals surface area contributed by atoms with E-state index in [1.807, 2.05) is 0 Å². The average Bonchev–Trinajstić information content (AvgIpc) is 2.79. The Morgan fingerprint density at radius 3 is 2.54 bits per heavy atom.